The Kier molecular flexibility index (Phi) is 9.22. The van der Waals surface area contributed by atoms with E-state index in [0.29, 0.717) is 17.9 Å². The molecule has 2 amide bonds. The van der Waals surface area contributed by atoms with Gasteiger partial charge in [0.1, 0.15) is 24.2 Å². The molecule has 0 saturated carbocycles. The molecule has 0 saturated heterocycles. The van der Waals surface area contributed by atoms with Crippen LogP contribution in [0.5, 0.6) is 5.75 Å². The number of amides is 2. The number of hydrogen-bond acceptors (Lipinski definition) is 5. The summed E-state index contributed by atoms with van der Waals surface area (Å²) in [5.41, 5.74) is 0.863. The van der Waals surface area contributed by atoms with Crippen LogP contribution in [0, 0.1) is 5.82 Å². The molecule has 2 aromatic carbocycles. The Hall–Kier alpha value is -3.14. The SMILES string of the molecule is CCCNC(=O)C(C)N(Cc1cccc(OC)c1)C(=O)CN(c1ccc(F)cc1)S(C)(=O)=O. The molecule has 2 aromatic rings. The number of anilines is 1. The van der Waals surface area contributed by atoms with E-state index in [1.165, 1.54) is 24.1 Å². The molecule has 0 aliphatic carbocycles. The number of hydrogen-bond donors (Lipinski definition) is 1. The van der Waals surface area contributed by atoms with Crippen LogP contribution in [0.25, 0.3) is 0 Å². The predicted octanol–water partition coefficient (Wildman–Crippen LogP) is 2.54. The van der Waals surface area contributed by atoms with Gasteiger partial charge in [-0.05, 0) is 55.3 Å². The molecule has 0 heterocycles. The summed E-state index contributed by atoms with van der Waals surface area (Å²) in [5, 5.41) is 2.77. The van der Waals surface area contributed by atoms with Crippen molar-refractivity contribution in [2.45, 2.75) is 32.9 Å². The first kappa shape index (κ1) is 26.1. The standard InChI is InChI=1S/C23H30FN3O5S/c1-5-13-25-23(29)17(2)26(15-18-7-6-8-21(14-18)32-3)22(28)16-27(33(4,30)31)20-11-9-19(24)10-12-20/h6-12,14,17H,5,13,15-16H2,1-4H3,(H,25,29). The highest BCUT2D eigenvalue weighted by Crippen LogP contribution is 2.20. The van der Waals surface area contributed by atoms with Gasteiger partial charge in [0.25, 0.3) is 0 Å². The summed E-state index contributed by atoms with van der Waals surface area (Å²) < 4.78 is 44.3. The van der Waals surface area contributed by atoms with Crippen LogP contribution >= 0.6 is 0 Å². The molecule has 1 N–H and O–H groups in total. The number of rotatable bonds is 11. The van der Waals surface area contributed by atoms with Crippen molar-refractivity contribution in [3.8, 4) is 5.75 Å². The summed E-state index contributed by atoms with van der Waals surface area (Å²) in [6, 6.07) is 11.0. The fourth-order valence-electron chi connectivity index (χ4n) is 3.17. The fraction of sp³-hybridized carbons (Fsp3) is 0.391. The van der Waals surface area contributed by atoms with Gasteiger partial charge in [-0.15, -0.1) is 0 Å². The Morgan fingerprint density at radius 1 is 1.15 bits per heavy atom. The minimum absolute atomic E-state index is 0.0672. The van der Waals surface area contributed by atoms with E-state index in [9.17, 15) is 22.4 Å². The molecule has 2 rings (SSSR count). The summed E-state index contributed by atoms with van der Waals surface area (Å²) in [6.45, 7) is 3.48. The van der Waals surface area contributed by atoms with Gasteiger partial charge in [0.05, 0.1) is 19.1 Å². The zero-order valence-corrected chi connectivity index (χ0v) is 20.1. The van der Waals surface area contributed by atoms with Gasteiger partial charge in [-0.3, -0.25) is 13.9 Å². The van der Waals surface area contributed by atoms with Crippen molar-refractivity contribution in [2.75, 3.05) is 30.8 Å². The number of carbonyl (C=O) groups is 2. The third kappa shape index (κ3) is 7.45. The van der Waals surface area contributed by atoms with Crippen molar-refractivity contribution in [3.05, 3.63) is 59.9 Å². The minimum Gasteiger partial charge on any atom is -0.497 e. The highest BCUT2D eigenvalue weighted by atomic mass is 32.2. The maximum Gasteiger partial charge on any atom is 0.244 e. The van der Waals surface area contributed by atoms with E-state index in [2.05, 4.69) is 5.32 Å². The van der Waals surface area contributed by atoms with E-state index < -0.39 is 34.3 Å². The quantitative estimate of drug-likeness (QED) is 0.534. The van der Waals surface area contributed by atoms with Gasteiger partial charge in [0.15, 0.2) is 0 Å². The van der Waals surface area contributed by atoms with E-state index in [4.69, 9.17) is 4.74 Å². The molecule has 10 heteroatoms. The molecular formula is C23H30FN3O5S. The zero-order valence-electron chi connectivity index (χ0n) is 19.2. The van der Waals surface area contributed by atoms with Crippen LogP contribution in [0.1, 0.15) is 25.8 Å². The van der Waals surface area contributed by atoms with Crippen LogP contribution in [0.3, 0.4) is 0 Å². The van der Waals surface area contributed by atoms with Gasteiger partial charge in [0, 0.05) is 13.1 Å². The molecule has 0 spiro atoms. The van der Waals surface area contributed by atoms with Gasteiger partial charge in [-0.25, -0.2) is 12.8 Å². The van der Waals surface area contributed by atoms with Crippen LogP contribution in [0.15, 0.2) is 48.5 Å². The minimum atomic E-state index is -3.86. The van der Waals surface area contributed by atoms with Crippen molar-refractivity contribution in [2.24, 2.45) is 0 Å². The summed E-state index contributed by atoms with van der Waals surface area (Å²) in [4.78, 5) is 27.3. The average molecular weight is 480 g/mol. The van der Waals surface area contributed by atoms with Gasteiger partial charge in [-0.1, -0.05) is 19.1 Å². The van der Waals surface area contributed by atoms with Crippen molar-refractivity contribution in [1.29, 1.82) is 0 Å². The van der Waals surface area contributed by atoms with Crippen LogP contribution < -0.4 is 14.4 Å². The molecule has 0 aliphatic heterocycles. The Balaban J connectivity index is 2.37. The Bertz CT molecular complexity index is 1060. The Labute approximate surface area is 194 Å². The summed E-state index contributed by atoms with van der Waals surface area (Å²) in [6.07, 6.45) is 1.70. The summed E-state index contributed by atoms with van der Waals surface area (Å²) >= 11 is 0. The van der Waals surface area contributed by atoms with Crippen LogP contribution in [-0.2, 0) is 26.2 Å². The molecule has 33 heavy (non-hydrogen) atoms. The second kappa shape index (κ2) is 11.6. The first-order valence-electron chi connectivity index (χ1n) is 10.5. The number of carbonyl (C=O) groups excluding carboxylic acids is 2. The smallest absolute Gasteiger partial charge is 0.244 e. The van der Waals surface area contributed by atoms with Crippen molar-refractivity contribution < 1.29 is 27.1 Å². The molecule has 0 fully saturated rings. The number of nitrogens with zero attached hydrogens (tertiary/aromatic N) is 2. The fourth-order valence-corrected chi connectivity index (χ4v) is 4.02. The second-order valence-corrected chi connectivity index (χ2v) is 9.49. The molecule has 1 atom stereocenters. The lowest BCUT2D eigenvalue weighted by Crippen LogP contribution is -2.51. The number of sulfonamides is 1. The topological polar surface area (TPSA) is 96.0 Å². The van der Waals surface area contributed by atoms with Crippen molar-refractivity contribution in [1.82, 2.24) is 10.2 Å². The molecular weight excluding hydrogens is 449 g/mol. The van der Waals surface area contributed by atoms with Crippen molar-refractivity contribution in [3.63, 3.8) is 0 Å². The second-order valence-electron chi connectivity index (χ2n) is 7.59. The number of methoxy groups -OCH3 is 1. The third-order valence-electron chi connectivity index (χ3n) is 5.00. The number of halogens is 1. The predicted molar refractivity (Wildman–Crippen MR) is 125 cm³/mol. The van der Waals surface area contributed by atoms with Crippen LogP contribution in [0.4, 0.5) is 10.1 Å². The lowest BCUT2D eigenvalue weighted by molar-refractivity contribution is -0.139. The number of benzene rings is 2. The van der Waals surface area contributed by atoms with E-state index in [1.54, 1.807) is 31.2 Å². The summed E-state index contributed by atoms with van der Waals surface area (Å²) in [7, 11) is -2.34. The van der Waals surface area contributed by atoms with Gasteiger partial charge >= 0.3 is 0 Å². The number of ether oxygens (including phenoxy) is 1. The Morgan fingerprint density at radius 2 is 1.82 bits per heavy atom. The molecule has 8 nitrogen and oxygen atoms in total. The van der Waals surface area contributed by atoms with Crippen molar-refractivity contribution >= 4 is 27.5 Å². The molecule has 0 aliphatic rings. The van der Waals surface area contributed by atoms with E-state index in [0.717, 1.165) is 29.1 Å². The van der Waals surface area contributed by atoms with Crippen LogP contribution in [-0.4, -0.2) is 57.6 Å². The van der Waals surface area contributed by atoms with Gasteiger partial charge in [0.2, 0.25) is 21.8 Å². The maximum absolute atomic E-state index is 13.4. The highest BCUT2D eigenvalue weighted by Gasteiger charge is 2.30. The molecule has 180 valence electrons. The first-order valence-corrected chi connectivity index (χ1v) is 12.3. The largest absolute Gasteiger partial charge is 0.497 e. The number of nitrogens with one attached hydrogen (secondary N) is 1. The van der Waals surface area contributed by atoms with Crippen LogP contribution in [0.2, 0.25) is 0 Å². The molecule has 0 radical (unpaired) electrons. The van der Waals surface area contributed by atoms with Gasteiger partial charge in [-0.2, -0.15) is 0 Å². The lowest BCUT2D eigenvalue weighted by Gasteiger charge is -2.31. The Morgan fingerprint density at radius 3 is 2.39 bits per heavy atom. The summed E-state index contributed by atoms with van der Waals surface area (Å²) in [5.74, 6) is -0.862. The van der Waals surface area contributed by atoms with Gasteiger partial charge < -0.3 is 15.0 Å². The first-order chi connectivity index (χ1) is 15.6. The molecule has 1 unspecified atom stereocenters. The lowest BCUT2D eigenvalue weighted by atomic mass is 10.1. The van der Waals surface area contributed by atoms with E-state index in [-0.39, 0.29) is 18.1 Å². The molecule has 0 bridgehead atoms. The van der Waals surface area contributed by atoms with E-state index >= 15 is 0 Å². The normalized spacial score (nSPS) is 12.0. The molecule has 0 aromatic heterocycles. The maximum atomic E-state index is 13.4. The third-order valence-corrected chi connectivity index (χ3v) is 6.14. The monoisotopic (exact) mass is 479 g/mol. The van der Waals surface area contributed by atoms with E-state index in [1.807, 2.05) is 6.92 Å². The zero-order chi connectivity index (χ0) is 24.6. The average Bonchev–Trinajstić information content (AvgIpc) is 2.79. The highest BCUT2D eigenvalue weighted by molar-refractivity contribution is 7.92.